The van der Waals surface area contributed by atoms with Crippen molar-refractivity contribution >= 4 is 5.91 Å². The summed E-state index contributed by atoms with van der Waals surface area (Å²) in [5.74, 6) is 0.516. The van der Waals surface area contributed by atoms with E-state index in [4.69, 9.17) is 9.47 Å². The number of hydrogen-bond acceptors (Lipinski definition) is 4. The Morgan fingerprint density at radius 2 is 2.11 bits per heavy atom. The second-order valence-electron chi connectivity index (χ2n) is 5.62. The molecule has 0 radical (unpaired) electrons. The summed E-state index contributed by atoms with van der Waals surface area (Å²) in [4.78, 5) is 12.0. The molecule has 2 N–H and O–H groups in total. The van der Waals surface area contributed by atoms with Crippen LogP contribution in [0.5, 0.6) is 0 Å². The Bertz CT molecular complexity index is 290. The minimum atomic E-state index is 0.249. The molecule has 1 aliphatic heterocycles. The summed E-state index contributed by atoms with van der Waals surface area (Å²) in [6, 6.07) is 0. The van der Waals surface area contributed by atoms with E-state index < -0.39 is 0 Å². The van der Waals surface area contributed by atoms with Gasteiger partial charge in [-0.2, -0.15) is 0 Å². The lowest BCUT2D eigenvalue weighted by atomic mass is 9.92. The van der Waals surface area contributed by atoms with Crippen LogP contribution in [0, 0.1) is 11.3 Å². The van der Waals surface area contributed by atoms with Crippen LogP contribution in [-0.4, -0.2) is 52.5 Å². The molecule has 0 aromatic rings. The molecule has 2 aliphatic rings. The van der Waals surface area contributed by atoms with Gasteiger partial charge in [-0.15, -0.1) is 0 Å². The lowest BCUT2D eigenvalue weighted by Crippen LogP contribution is -2.34. The molecule has 1 aliphatic carbocycles. The summed E-state index contributed by atoms with van der Waals surface area (Å²) in [5.41, 5.74) is 0.338. The van der Waals surface area contributed by atoms with E-state index in [1.54, 1.807) is 7.11 Å². The molecule has 1 saturated heterocycles. The predicted molar refractivity (Wildman–Crippen MR) is 73.0 cm³/mol. The average molecular weight is 270 g/mol. The third kappa shape index (κ3) is 4.16. The first kappa shape index (κ1) is 14.8. The van der Waals surface area contributed by atoms with Crippen LogP contribution in [0.25, 0.3) is 0 Å². The zero-order valence-electron chi connectivity index (χ0n) is 11.9. The van der Waals surface area contributed by atoms with Crippen molar-refractivity contribution in [2.45, 2.75) is 25.7 Å². The molecule has 1 heterocycles. The Morgan fingerprint density at radius 3 is 2.84 bits per heavy atom. The molecule has 5 heteroatoms. The number of ether oxygens (including phenoxy) is 2. The van der Waals surface area contributed by atoms with E-state index in [9.17, 15) is 4.79 Å². The molecular formula is C14H26N2O3. The van der Waals surface area contributed by atoms with E-state index in [0.29, 0.717) is 25.2 Å². The molecule has 0 bridgehead atoms. The second-order valence-corrected chi connectivity index (χ2v) is 5.62. The number of methoxy groups -OCH3 is 1. The van der Waals surface area contributed by atoms with Crippen LogP contribution in [0.4, 0.5) is 0 Å². The maximum absolute atomic E-state index is 12.0. The van der Waals surface area contributed by atoms with Gasteiger partial charge >= 0.3 is 0 Å². The van der Waals surface area contributed by atoms with Crippen LogP contribution in [0.2, 0.25) is 0 Å². The molecule has 2 fully saturated rings. The van der Waals surface area contributed by atoms with Gasteiger partial charge < -0.3 is 20.1 Å². The number of nitrogens with one attached hydrogen (secondary N) is 2. The fourth-order valence-corrected chi connectivity index (χ4v) is 2.95. The smallest absolute Gasteiger partial charge is 0.223 e. The zero-order valence-corrected chi connectivity index (χ0v) is 11.9. The minimum Gasteiger partial charge on any atom is -0.382 e. The topological polar surface area (TPSA) is 59.6 Å². The second kappa shape index (κ2) is 7.22. The van der Waals surface area contributed by atoms with Crippen molar-refractivity contribution in [3.63, 3.8) is 0 Å². The summed E-state index contributed by atoms with van der Waals surface area (Å²) in [6.07, 6.45) is 4.28. The highest BCUT2D eigenvalue weighted by Gasteiger charge is 2.57. The number of carbonyl (C=O) groups is 1. The van der Waals surface area contributed by atoms with Gasteiger partial charge in [0.1, 0.15) is 0 Å². The first-order valence-electron chi connectivity index (χ1n) is 7.34. The van der Waals surface area contributed by atoms with Crippen LogP contribution < -0.4 is 10.6 Å². The molecule has 0 aromatic carbocycles. The summed E-state index contributed by atoms with van der Waals surface area (Å²) in [7, 11) is 1.66. The lowest BCUT2D eigenvalue weighted by Gasteiger charge is -2.23. The van der Waals surface area contributed by atoms with Gasteiger partial charge in [0.2, 0.25) is 5.91 Å². The van der Waals surface area contributed by atoms with E-state index >= 15 is 0 Å². The van der Waals surface area contributed by atoms with Gasteiger partial charge in [-0.25, -0.2) is 0 Å². The average Bonchev–Trinajstić information content (AvgIpc) is 3.12. The molecule has 1 amide bonds. The highest BCUT2D eigenvalue weighted by atomic mass is 16.5. The van der Waals surface area contributed by atoms with Crippen molar-refractivity contribution in [3.8, 4) is 0 Å². The maximum atomic E-state index is 12.0. The van der Waals surface area contributed by atoms with Gasteiger partial charge in [0.15, 0.2) is 0 Å². The summed E-state index contributed by atoms with van der Waals surface area (Å²) >= 11 is 0. The van der Waals surface area contributed by atoms with E-state index in [1.807, 2.05) is 0 Å². The fraction of sp³-hybridized carbons (Fsp3) is 0.929. The SMILES string of the molecule is COCCOCCCNC(=O)C1CC12CCNCC2. The summed E-state index contributed by atoms with van der Waals surface area (Å²) in [6.45, 7) is 4.79. The third-order valence-corrected chi connectivity index (χ3v) is 4.30. The van der Waals surface area contributed by atoms with Gasteiger partial charge in [0, 0.05) is 26.2 Å². The van der Waals surface area contributed by atoms with Gasteiger partial charge in [-0.05, 0) is 44.2 Å². The van der Waals surface area contributed by atoms with Gasteiger partial charge in [-0.3, -0.25) is 4.79 Å². The molecule has 0 aromatic heterocycles. The molecule has 110 valence electrons. The van der Waals surface area contributed by atoms with Crippen molar-refractivity contribution in [1.82, 2.24) is 10.6 Å². The first-order valence-corrected chi connectivity index (χ1v) is 7.34. The molecule has 5 nitrogen and oxygen atoms in total. The highest BCUT2D eigenvalue weighted by molar-refractivity contribution is 5.82. The van der Waals surface area contributed by atoms with Crippen LogP contribution in [-0.2, 0) is 14.3 Å². The Balaban J connectivity index is 1.51. The van der Waals surface area contributed by atoms with E-state index in [0.717, 1.165) is 45.3 Å². The van der Waals surface area contributed by atoms with Gasteiger partial charge in [0.25, 0.3) is 0 Å². The molecule has 1 saturated carbocycles. The molecule has 19 heavy (non-hydrogen) atoms. The molecule has 1 atom stereocenters. The van der Waals surface area contributed by atoms with E-state index in [1.165, 1.54) is 0 Å². The van der Waals surface area contributed by atoms with Crippen molar-refractivity contribution in [2.75, 3.05) is 46.6 Å². The largest absolute Gasteiger partial charge is 0.382 e. The monoisotopic (exact) mass is 270 g/mol. The molecular weight excluding hydrogens is 244 g/mol. The zero-order chi connectivity index (χ0) is 13.6. The predicted octanol–water partition coefficient (Wildman–Crippen LogP) is 0.545. The Hall–Kier alpha value is -0.650. The van der Waals surface area contributed by atoms with Crippen molar-refractivity contribution in [2.24, 2.45) is 11.3 Å². The highest BCUT2D eigenvalue weighted by Crippen LogP contribution is 2.58. The standard InChI is InChI=1S/C14H26N2O3/c1-18-9-10-19-8-2-5-16-13(17)12-11-14(12)3-6-15-7-4-14/h12,15H,2-11H2,1H3,(H,16,17). The van der Waals surface area contributed by atoms with Crippen LogP contribution in [0.1, 0.15) is 25.7 Å². The van der Waals surface area contributed by atoms with Gasteiger partial charge in [-0.1, -0.05) is 0 Å². The maximum Gasteiger partial charge on any atom is 0.223 e. The van der Waals surface area contributed by atoms with Crippen molar-refractivity contribution in [1.29, 1.82) is 0 Å². The Labute approximate surface area is 115 Å². The minimum absolute atomic E-state index is 0.249. The summed E-state index contributed by atoms with van der Waals surface area (Å²) in [5, 5.41) is 6.39. The molecule has 1 spiro atoms. The normalized spacial score (nSPS) is 24.4. The third-order valence-electron chi connectivity index (χ3n) is 4.30. The van der Waals surface area contributed by atoms with Crippen LogP contribution >= 0.6 is 0 Å². The lowest BCUT2D eigenvalue weighted by molar-refractivity contribution is -0.123. The Morgan fingerprint density at radius 1 is 1.32 bits per heavy atom. The van der Waals surface area contributed by atoms with Crippen molar-refractivity contribution < 1.29 is 14.3 Å². The quantitative estimate of drug-likeness (QED) is 0.632. The van der Waals surface area contributed by atoms with E-state index in [2.05, 4.69) is 10.6 Å². The number of amides is 1. The fourth-order valence-electron chi connectivity index (χ4n) is 2.95. The van der Waals surface area contributed by atoms with Crippen molar-refractivity contribution in [3.05, 3.63) is 0 Å². The molecule has 2 rings (SSSR count). The number of carbonyl (C=O) groups excluding carboxylic acids is 1. The number of hydrogen-bond donors (Lipinski definition) is 2. The summed E-state index contributed by atoms with van der Waals surface area (Å²) < 4.78 is 10.2. The number of rotatable bonds is 8. The van der Waals surface area contributed by atoms with Crippen LogP contribution in [0.15, 0.2) is 0 Å². The van der Waals surface area contributed by atoms with E-state index in [-0.39, 0.29) is 11.8 Å². The molecule has 1 unspecified atom stereocenters. The van der Waals surface area contributed by atoms with Crippen LogP contribution in [0.3, 0.4) is 0 Å². The first-order chi connectivity index (χ1) is 9.28. The van der Waals surface area contributed by atoms with Gasteiger partial charge in [0.05, 0.1) is 13.2 Å². The Kier molecular flexibility index (Phi) is 5.60. The number of piperidine rings is 1.